The molecule has 106 valence electrons. The molecule has 1 fully saturated rings. The van der Waals surface area contributed by atoms with E-state index in [9.17, 15) is 0 Å². The summed E-state index contributed by atoms with van der Waals surface area (Å²) in [4.78, 5) is 0. The van der Waals surface area contributed by atoms with E-state index in [1.165, 1.54) is 16.7 Å². The number of benzene rings is 1. The first kappa shape index (κ1) is 14.4. The third-order valence-corrected chi connectivity index (χ3v) is 4.53. The van der Waals surface area contributed by atoms with Crippen molar-refractivity contribution in [3.63, 3.8) is 0 Å². The Labute approximate surface area is 116 Å². The van der Waals surface area contributed by atoms with Gasteiger partial charge >= 0.3 is 0 Å². The predicted molar refractivity (Wildman–Crippen MR) is 79.5 cm³/mol. The fourth-order valence-electron chi connectivity index (χ4n) is 2.81. The molecule has 1 aliphatic carbocycles. The molecule has 1 unspecified atom stereocenters. The van der Waals surface area contributed by atoms with Crippen molar-refractivity contribution in [3.8, 4) is 5.75 Å². The first-order valence-electron chi connectivity index (χ1n) is 7.09. The third-order valence-electron chi connectivity index (χ3n) is 4.53. The normalized spacial score (nSPS) is 18.5. The van der Waals surface area contributed by atoms with Gasteiger partial charge in [0.15, 0.2) is 0 Å². The topological polar surface area (TPSA) is 61.3 Å². The quantitative estimate of drug-likeness (QED) is 0.857. The van der Waals surface area contributed by atoms with Crippen molar-refractivity contribution in [2.45, 2.75) is 45.6 Å². The largest absolute Gasteiger partial charge is 0.496 e. The summed E-state index contributed by atoms with van der Waals surface area (Å²) in [6.07, 6.45) is 2.29. The molecule has 1 aromatic carbocycles. The summed E-state index contributed by atoms with van der Waals surface area (Å²) in [5.74, 6) is 1.38. The predicted octanol–water partition coefficient (Wildman–Crippen LogP) is 2.87. The van der Waals surface area contributed by atoms with Crippen molar-refractivity contribution in [2.75, 3.05) is 13.7 Å². The Kier molecular flexibility index (Phi) is 3.88. The van der Waals surface area contributed by atoms with E-state index < -0.39 is 0 Å². The minimum atomic E-state index is 0.0425. The van der Waals surface area contributed by atoms with Crippen LogP contribution in [0.5, 0.6) is 5.75 Å². The van der Waals surface area contributed by atoms with Crippen LogP contribution in [-0.4, -0.2) is 13.7 Å². The fraction of sp³-hybridized carbons (Fsp3) is 0.625. The lowest BCUT2D eigenvalue weighted by Crippen LogP contribution is -2.30. The molecular weight excluding hydrogens is 236 g/mol. The monoisotopic (exact) mass is 262 g/mol. The molecule has 0 spiro atoms. The zero-order valence-corrected chi connectivity index (χ0v) is 12.5. The Morgan fingerprint density at radius 1 is 1.26 bits per heavy atom. The molecule has 0 saturated heterocycles. The van der Waals surface area contributed by atoms with Gasteiger partial charge in [-0.15, -0.1) is 0 Å². The number of methoxy groups -OCH3 is 1. The zero-order chi connectivity index (χ0) is 14.2. The molecule has 0 amide bonds. The number of aryl methyl sites for hydroxylation is 1. The van der Waals surface area contributed by atoms with E-state index in [0.29, 0.717) is 12.5 Å². The molecule has 3 heteroatoms. The Bertz CT molecular complexity index is 464. The molecule has 3 nitrogen and oxygen atoms in total. The van der Waals surface area contributed by atoms with Crippen molar-refractivity contribution in [1.29, 1.82) is 0 Å². The molecular formula is C16H26N2O. The van der Waals surface area contributed by atoms with E-state index in [0.717, 1.165) is 18.6 Å². The van der Waals surface area contributed by atoms with Crippen molar-refractivity contribution >= 4 is 0 Å². The molecule has 4 N–H and O–H groups in total. The minimum absolute atomic E-state index is 0.0425. The lowest BCUT2D eigenvalue weighted by Gasteiger charge is -2.25. The second kappa shape index (κ2) is 5.14. The minimum Gasteiger partial charge on any atom is -0.496 e. The second-order valence-electron chi connectivity index (χ2n) is 6.15. The molecule has 1 aliphatic rings. The van der Waals surface area contributed by atoms with Gasteiger partial charge in [0.05, 0.1) is 7.11 Å². The maximum absolute atomic E-state index is 6.49. The fourth-order valence-corrected chi connectivity index (χ4v) is 2.81. The van der Waals surface area contributed by atoms with Crippen LogP contribution in [0.3, 0.4) is 0 Å². The van der Waals surface area contributed by atoms with Gasteiger partial charge in [-0.05, 0) is 55.0 Å². The Morgan fingerprint density at radius 2 is 1.89 bits per heavy atom. The summed E-state index contributed by atoms with van der Waals surface area (Å²) in [6.45, 7) is 7.14. The van der Waals surface area contributed by atoms with Crippen molar-refractivity contribution in [1.82, 2.24) is 0 Å². The highest BCUT2D eigenvalue weighted by Crippen LogP contribution is 2.53. The highest BCUT2D eigenvalue weighted by atomic mass is 16.5. The molecule has 1 atom stereocenters. The van der Waals surface area contributed by atoms with Gasteiger partial charge in [0.1, 0.15) is 5.75 Å². The summed E-state index contributed by atoms with van der Waals surface area (Å²) in [5.41, 5.74) is 16.2. The highest BCUT2D eigenvalue weighted by molar-refractivity contribution is 5.46. The maximum Gasteiger partial charge on any atom is 0.122 e. The van der Waals surface area contributed by atoms with Gasteiger partial charge in [0.2, 0.25) is 0 Å². The molecule has 2 rings (SSSR count). The molecule has 19 heavy (non-hydrogen) atoms. The van der Waals surface area contributed by atoms with E-state index in [2.05, 4.69) is 32.9 Å². The third kappa shape index (κ3) is 2.49. The average Bonchev–Trinajstić information content (AvgIpc) is 3.18. The maximum atomic E-state index is 6.49. The Balaban J connectivity index is 2.43. The van der Waals surface area contributed by atoms with Crippen LogP contribution in [0.25, 0.3) is 0 Å². The molecule has 0 heterocycles. The van der Waals surface area contributed by atoms with E-state index in [-0.39, 0.29) is 11.5 Å². The van der Waals surface area contributed by atoms with E-state index in [1.54, 1.807) is 7.11 Å². The molecule has 1 aromatic rings. The molecule has 0 radical (unpaired) electrons. The summed E-state index contributed by atoms with van der Waals surface area (Å²) >= 11 is 0. The van der Waals surface area contributed by atoms with Gasteiger partial charge in [0.25, 0.3) is 0 Å². The van der Waals surface area contributed by atoms with Crippen molar-refractivity contribution in [3.05, 3.63) is 28.8 Å². The molecule has 1 saturated carbocycles. The van der Waals surface area contributed by atoms with Crippen LogP contribution in [0.4, 0.5) is 0 Å². The van der Waals surface area contributed by atoms with Crippen molar-refractivity contribution < 1.29 is 4.74 Å². The van der Waals surface area contributed by atoms with Crippen LogP contribution >= 0.6 is 0 Å². The standard InChI is InChI=1S/C16H26N2O/c1-10(2)12-8-13(11(3)7-14(12)19-4)15(18)16(9-17)5-6-16/h7-8,10,15H,5-6,9,17-18H2,1-4H3. The van der Waals surface area contributed by atoms with Gasteiger partial charge < -0.3 is 16.2 Å². The van der Waals surface area contributed by atoms with E-state index >= 15 is 0 Å². The van der Waals surface area contributed by atoms with Gasteiger partial charge in [-0.1, -0.05) is 19.9 Å². The van der Waals surface area contributed by atoms with Gasteiger partial charge in [-0.25, -0.2) is 0 Å². The summed E-state index contributed by atoms with van der Waals surface area (Å²) in [6, 6.07) is 4.37. The van der Waals surface area contributed by atoms with E-state index in [4.69, 9.17) is 16.2 Å². The molecule has 0 aliphatic heterocycles. The summed E-state index contributed by atoms with van der Waals surface area (Å²) in [7, 11) is 1.72. The molecule has 0 aromatic heterocycles. The number of hydrogen-bond acceptors (Lipinski definition) is 3. The second-order valence-corrected chi connectivity index (χ2v) is 6.15. The summed E-state index contributed by atoms with van der Waals surface area (Å²) < 4.78 is 5.48. The Hall–Kier alpha value is -1.06. The highest BCUT2D eigenvalue weighted by Gasteiger charge is 2.47. The lowest BCUT2D eigenvalue weighted by atomic mass is 9.85. The Morgan fingerprint density at radius 3 is 2.32 bits per heavy atom. The van der Waals surface area contributed by atoms with Crippen molar-refractivity contribution in [2.24, 2.45) is 16.9 Å². The van der Waals surface area contributed by atoms with Gasteiger partial charge in [0, 0.05) is 11.5 Å². The zero-order valence-electron chi connectivity index (χ0n) is 12.5. The van der Waals surface area contributed by atoms with Crippen LogP contribution in [0.15, 0.2) is 12.1 Å². The lowest BCUT2D eigenvalue weighted by molar-refractivity contribution is 0.401. The number of nitrogens with two attached hydrogens (primary N) is 2. The van der Waals surface area contributed by atoms with Gasteiger partial charge in [-0.2, -0.15) is 0 Å². The van der Waals surface area contributed by atoms with E-state index in [1.807, 2.05) is 0 Å². The average molecular weight is 262 g/mol. The smallest absolute Gasteiger partial charge is 0.122 e. The van der Waals surface area contributed by atoms with Crippen LogP contribution in [0.1, 0.15) is 55.3 Å². The van der Waals surface area contributed by atoms with Gasteiger partial charge in [-0.3, -0.25) is 0 Å². The number of ether oxygens (including phenoxy) is 1. The SMILES string of the molecule is COc1cc(C)c(C(N)C2(CN)CC2)cc1C(C)C. The van der Waals surface area contributed by atoms with Crippen LogP contribution in [-0.2, 0) is 0 Å². The van der Waals surface area contributed by atoms with Crippen LogP contribution in [0, 0.1) is 12.3 Å². The summed E-state index contributed by atoms with van der Waals surface area (Å²) in [5, 5.41) is 0. The van der Waals surface area contributed by atoms with Crippen LogP contribution in [0.2, 0.25) is 0 Å². The number of rotatable bonds is 5. The van der Waals surface area contributed by atoms with Crippen LogP contribution < -0.4 is 16.2 Å². The number of hydrogen-bond donors (Lipinski definition) is 2. The first-order chi connectivity index (χ1) is 8.95. The molecule has 0 bridgehead atoms. The first-order valence-corrected chi connectivity index (χ1v) is 7.09.